The Morgan fingerprint density at radius 2 is 2.14 bits per heavy atom. The second-order valence-electron chi connectivity index (χ2n) is 5.53. The molecule has 1 unspecified atom stereocenters. The molecular formula is C14H22BrClN2O3S. The highest BCUT2D eigenvalue weighted by molar-refractivity contribution is 9.10. The van der Waals surface area contributed by atoms with Crippen LogP contribution in [0.25, 0.3) is 0 Å². The average molecular weight is 414 g/mol. The monoisotopic (exact) mass is 412 g/mol. The first-order valence-corrected chi connectivity index (χ1v) is 9.15. The largest absolute Gasteiger partial charge is 0.383 e. The lowest BCUT2D eigenvalue weighted by Gasteiger charge is -2.28. The highest BCUT2D eigenvalue weighted by atomic mass is 79.9. The van der Waals surface area contributed by atoms with Crippen LogP contribution in [0.4, 0.5) is 0 Å². The predicted octanol–water partition coefficient (Wildman–Crippen LogP) is 2.23. The third-order valence-corrected chi connectivity index (χ3v) is 5.52. The molecule has 8 heteroatoms. The number of sulfonamides is 1. The highest BCUT2D eigenvalue weighted by Crippen LogP contribution is 2.22. The van der Waals surface area contributed by atoms with Gasteiger partial charge in [0.05, 0.1) is 17.0 Å². The normalized spacial score (nSPS) is 21.6. The van der Waals surface area contributed by atoms with Gasteiger partial charge in [-0.15, -0.1) is 12.4 Å². The van der Waals surface area contributed by atoms with E-state index >= 15 is 0 Å². The minimum absolute atomic E-state index is 0. The standard InChI is InChI=1S/C14H21BrN2O3S.ClH/c1-11-6-12(15)8-13(7-11)21(18,19)17-9-14(10-20-2)4-3-5-16-14;/h6-8,16-17H,3-5,9-10H2,1-2H3;1H. The number of benzene rings is 1. The summed E-state index contributed by atoms with van der Waals surface area (Å²) in [4.78, 5) is 0.278. The number of ether oxygens (including phenoxy) is 1. The zero-order chi connectivity index (χ0) is 15.5. The molecule has 0 aromatic heterocycles. The predicted molar refractivity (Wildman–Crippen MR) is 93.2 cm³/mol. The van der Waals surface area contributed by atoms with Gasteiger partial charge < -0.3 is 10.1 Å². The second-order valence-corrected chi connectivity index (χ2v) is 8.22. The highest BCUT2D eigenvalue weighted by Gasteiger charge is 2.34. The summed E-state index contributed by atoms with van der Waals surface area (Å²) in [5.74, 6) is 0. The Morgan fingerprint density at radius 1 is 1.41 bits per heavy atom. The molecule has 2 N–H and O–H groups in total. The first-order valence-electron chi connectivity index (χ1n) is 6.88. The SMILES string of the molecule is COCC1(CNS(=O)(=O)c2cc(C)cc(Br)c2)CCCN1.Cl. The molecule has 0 amide bonds. The molecular weight excluding hydrogens is 392 g/mol. The van der Waals surface area contributed by atoms with Crippen LogP contribution in [-0.2, 0) is 14.8 Å². The van der Waals surface area contributed by atoms with Crippen molar-refractivity contribution in [2.24, 2.45) is 0 Å². The van der Waals surface area contributed by atoms with Crippen LogP contribution in [0.2, 0.25) is 0 Å². The van der Waals surface area contributed by atoms with Gasteiger partial charge in [-0.2, -0.15) is 0 Å². The van der Waals surface area contributed by atoms with Crippen LogP contribution in [0.15, 0.2) is 27.6 Å². The zero-order valence-electron chi connectivity index (χ0n) is 12.7. The Balaban J connectivity index is 0.00000242. The van der Waals surface area contributed by atoms with E-state index in [1.165, 1.54) is 0 Å². The minimum Gasteiger partial charge on any atom is -0.383 e. The number of rotatable bonds is 6. The van der Waals surface area contributed by atoms with Crippen molar-refractivity contribution >= 4 is 38.4 Å². The van der Waals surface area contributed by atoms with Crippen molar-refractivity contribution in [3.63, 3.8) is 0 Å². The van der Waals surface area contributed by atoms with E-state index in [1.54, 1.807) is 19.2 Å². The summed E-state index contributed by atoms with van der Waals surface area (Å²) in [5, 5.41) is 3.36. The van der Waals surface area contributed by atoms with Crippen LogP contribution >= 0.6 is 28.3 Å². The molecule has 126 valence electrons. The molecule has 1 atom stereocenters. The summed E-state index contributed by atoms with van der Waals surface area (Å²) in [5.41, 5.74) is 0.596. The lowest BCUT2D eigenvalue weighted by Crippen LogP contribution is -2.52. The van der Waals surface area contributed by atoms with Crippen molar-refractivity contribution in [1.82, 2.24) is 10.0 Å². The third kappa shape index (κ3) is 4.91. The zero-order valence-corrected chi connectivity index (χ0v) is 15.9. The first-order chi connectivity index (χ1) is 9.87. The quantitative estimate of drug-likeness (QED) is 0.750. The molecule has 1 aromatic carbocycles. The van der Waals surface area contributed by atoms with Gasteiger partial charge in [0.1, 0.15) is 0 Å². The summed E-state index contributed by atoms with van der Waals surface area (Å²) in [6, 6.07) is 5.16. The van der Waals surface area contributed by atoms with Gasteiger partial charge in [-0.3, -0.25) is 0 Å². The average Bonchev–Trinajstić information content (AvgIpc) is 2.85. The van der Waals surface area contributed by atoms with Crippen molar-refractivity contribution in [2.75, 3.05) is 26.8 Å². The summed E-state index contributed by atoms with van der Waals surface area (Å²) in [6.45, 7) is 3.58. The van der Waals surface area contributed by atoms with Crippen LogP contribution in [0, 0.1) is 6.92 Å². The molecule has 2 rings (SSSR count). The number of aryl methyl sites for hydroxylation is 1. The summed E-state index contributed by atoms with van der Waals surface area (Å²) >= 11 is 3.33. The molecule has 1 heterocycles. The number of hydrogen-bond donors (Lipinski definition) is 2. The van der Waals surface area contributed by atoms with Crippen molar-refractivity contribution < 1.29 is 13.2 Å². The van der Waals surface area contributed by atoms with Gasteiger partial charge >= 0.3 is 0 Å². The first kappa shape index (κ1) is 19.9. The topological polar surface area (TPSA) is 67.4 Å². The maximum atomic E-state index is 12.4. The Hall–Kier alpha value is -0.180. The van der Waals surface area contributed by atoms with Crippen LogP contribution in [-0.4, -0.2) is 40.8 Å². The Morgan fingerprint density at radius 3 is 2.68 bits per heavy atom. The molecule has 1 aliphatic heterocycles. The maximum Gasteiger partial charge on any atom is 0.240 e. The molecule has 1 saturated heterocycles. The van der Waals surface area contributed by atoms with Crippen molar-refractivity contribution in [2.45, 2.75) is 30.2 Å². The molecule has 22 heavy (non-hydrogen) atoms. The van der Waals surface area contributed by atoms with Crippen LogP contribution in [0.3, 0.4) is 0 Å². The van der Waals surface area contributed by atoms with Crippen molar-refractivity contribution in [1.29, 1.82) is 0 Å². The fraction of sp³-hybridized carbons (Fsp3) is 0.571. The van der Waals surface area contributed by atoms with Gasteiger partial charge in [0, 0.05) is 18.1 Å². The minimum atomic E-state index is -3.52. The van der Waals surface area contributed by atoms with Gasteiger partial charge in [-0.05, 0) is 50.1 Å². The van der Waals surface area contributed by atoms with Crippen LogP contribution < -0.4 is 10.0 Å². The lowest BCUT2D eigenvalue weighted by atomic mass is 9.99. The number of halogens is 2. The smallest absolute Gasteiger partial charge is 0.240 e. The Labute approximate surface area is 146 Å². The van der Waals surface area contributed by atoms with Gasteiger partial charge in [-0.1, -0.05) is 15.9 Å². The van der Waals surface area contributed by atoms with Gasteiger partial charge in [0.15, 0.2) is 0 Å². The van der Waals surface area contributed by atoms with Crippen molar-refractivity contribution in [3.05, 3.63) is 28.2 Å². The third-order valence-electron chi connectivity index (χ3n) is 3.68. The summed E-state index contributed by atoms with van der Waals surface area (Å²) in [7, 11) is -1.89. The molecule has 5 nitrogen and oxygen atoms in total. The number of nitrogens with one attached hydrogen (secondary N) is 2. The molecule has 0 saturated carbocycles. The van der Waals surface area contributed by atoms with Crippen molar-refractivity contribution in [3.8, 4) is 0 Å². The molecule has 1 fully saturated rings. The van der Waals surface area contributed by atoms with Crippen LogP contribution in [0.1, 0.15) is 18.4 Å². The summed E-state index contributed by atoms with van der Waals surface area (Å²) < 4.78 is 33.6. The van der Waals surface area contributed by atoms with Gasteiger partial charge in [-0.25, -0.2) is 13.1 Å². The van der Waals surface area contributed by atoms with Crippen LogP contribution in [0.5, 0.6) is 0 Å². The number of methoxy groups -OCH3 is 1. The maximum absolute atomic E-state index is 12.4. The summed E-state index contributed by atoms with van der Waals surface area (Å²) in [6.07, 6.45) is 1.93. The molecule has 1 aromatic rings. The van der Waals surface area contributed by atoms with Gasteiger partial charge in [0.2, 0.25) is 10.0 Å². The molecule has 0 radical (unpaired) electrons. The second kappa shape index (κ2) is 8.08. The molecule has 0 spiro atoms. The molecule has 0 bridgehead atoms. The van der Waals surface area contributed by atoms with E-state index < -0.39 is 10.0 Å². The fourth-order valence-corrected chi connectivity index (χ4v) is 4.66. The van der Waals surface area contributed by atoms with E-state index in [0.29, 0.717) is 13.2 Å². The molecule has 1 aliphatic rings. The van der Waals surface area contributed by atoms with E-state index in [1.807, 2.05) is 13.0 Å². The van der Waals surface area contributed by atoms with E-state index in [-0.39, 0.29) is 22.8 Å². The van der Waals surface area contributed by atoms with E-state index in [2.05, 4.69) is 26.0 Å². The molecule has 0 aliphatic carbocycles. The van der Waals surface area contributed by atoms with E-state index in [9.17, 15) is 8.42 Å². The lowest BCUT2D eigenvalue weighted by molar-refractivity contribution is 0.122. The van der Waals surface area contributed by atoms with E-state index in [0.717, 1.165) is 29.4 Å². The Kier molecular flexibility index (Phi) is 7.29. The Bertz CT molecular complexity index is 584. The van der Waals surface area contributed by atoms with E-state index in [4.69, 9.17) is 4.74 Å². The fourth-order valence-electron chi connectivity index (χ4n) is 2.64. The van der Waals surface area contributed by atoms with Gasteiger partial charge in [0.25, 0.3) is 0 Å². The number of hydrogen-bond acceptors (Lipinski definition) is 4.